The van der Waals surface area contributed by atoms with Gasteiger partial charge in [-0.25, -0.2) is 4.39 Å². The fraction of sp³-hybridized carbons (Fsp3) is 0.222. The van der Waals surface area contributed by atoms with Crippen molar-refractivity contribution < 1.29 is 13.9 Å². The van der Waals surface area contributed by atoms with Gasteiger partial charge in [0, 0.05) is 15.6 Å². The van der Waals surface area contributed by atoms with E-state index in [-0.39, 0.29) is 11.6 Å². The number of benzene rings is 3. The van der Waals surface area contributed by atoms with Crippen molar-refractivity contribution >= 4 is 27.2 Å². The zero-order chi connectivity index (χ0) is 22.5. The van der Waals surface area contributed by atoms with Crippen LogP contribution in [0, 0.1) is 12.7 Å². The molecule has 0 radical (unpaired) electrons. The van der Waals surface area contributed by atoms with Gasteiger partial charge in [0.05, 0.1) is 0 Å². The SMILES string of the molecule is CCNCCCc1ccc(Oc2c(C(=O)c3ccc(F)cc3C)sc3ccccc23)cc1. The van der Waals surface area contributed by atoms with Crippen LogP contribution in [0.2, 0.25) is 0 Å². The van der Waals surface area contributed by atoms with Gasteiger partial charge in [0.15, 0.2) is 5.75 Å². The van der Waals surface area contributed by atoms with E-state index in [0.717, 1.165) is 36.0 Å². The zero-order valence-corrected chi connectivity index (χ0v) is 19.1. The number of aryl methyl sites for hydroxylation is 2. The molecule has 0 fully saturated rings. The Morgan fingerprint density at radius 3 is 2.59 bits per heavy atom. The van der Waals surface area contributed by atoms with Crippen LogP contribution in [0.25, 0.3) is 10.1 Å². The molecule has 3 nitrogen and oxygen atoms in total. The number of halogens is 1. The van der Waals surface area contributed by atoms with Gasteiger partial charge < -0.3 is 10.1 Å². The molecule has 0 aliphatic rings. The van der Waals surface area contributed by atoms with Crippen LogP contribution in [0.4, 0.5) is 4.39 Å². The van der Waals surface area contributed by atoms with E-state index in [1.54, 1.807) is 13.0 Å². The average Bonchev–Trinajstić information content (AvgIpc) is 3.16. The summed E-state index contributed by atoms with van der Waals surface area (Å²) in [6, 6.07) is 20.1. The largest absolute Gasteiger partial charge is 0.455 e. The number of carbonyl (C=O) groups is 1. The minimum Gasteiger partial charge on any atom is -0.455 e. The molecule has 1 aromatic heterocycles. The van der Waals surface area contributed by atoms with E-state index in [1.807, 2.05) is 36.4 Å². The number of carbonyl (C=O) groups excluding carboxylic acids is 1. The predicted octanol–water partition coefficient (Wildman–Crippen LogP) is 6.91. The second-order valence-corrected chi connectivity index (χ2v) is 8.80. The monoisotopic (exact) mass is 447 g/mol. The third kappa shape index (κ3) is 4.90. The summed E-state index contributed by atoms with van der Waals surface area (Å²) in [4.78, 5) is 13.9. The summed E-state index contributed by atoms with van der Waals surface area (Å²) in [5.41, 5.74) is 2.35. The van der Waals surface area contributed by atoms with Gasteiger partial charge in [-0.1, -0.05) is 31.2 Å². The van der Waals surface area contributed by atoms with Gasteiger partial charge in [-0.2, -0.15) is 0 Å². The Labute approximate surface area is 191 Å². The lowest BCUT2D eigenvalue weighted by molar-refractivity contribution is 0.104. The summed E-state index contributed by atoms with van der Waals surface area (Å²) < 4.78 is 20.8. The molecule has 4 rings (SSSR count). The van der Waals surface area contributed by atoms with E-state index < -0.39 is 0 Å². The van der Waals surface area contributed by atoms with Gasteiger partial charge in [-0.15, -0.1) is 11.3 Å². The molecule has 0 bridgehead atoms. The molecule has 0 saturated carbocycles. The lowest BCUT2D eigenvalue weighted by Crippen LogP contribution is -2.14. The molecule has 1 heterocycles. The molecular formula is C27H26FNO2S. The van der Waals surface area contributed by atoms with Crippen molar-refractivity contribution in [2.75, 3.05) is 13.1 Å². The maximum absolute atomic E-state index is 13.6. The number of hydrogen-bond donors (Lipinski definition) is 1. The smallest absolute Gasteiger partial charge is 0.207 e. The normalized spacial score (nSPS) is 11.1. The first-order valence-electron chi connectivity index (χ1n) is 10.9. The van der Waals surface area contributed by atoms with Gasteiger partial charge in [-0.3, -0.25) is 4.79 Å². The van der Waals surface area contributed by atoms with Crippen LogP contribution < -0.4 is 10.1 Å². The van der Waals surface area contributed by atoms with Gasteiger partial charge >= 0.3 is 0 Å². The van der Waals surface area contributed by atoms with Gasteiger partial charge in [0.2, 0.25) is 5.78 Å². The summed E-state index contributed by atoms with van der Waals surface area (Å²) in [6.45, 7) is 5.85. The summed E-state index contributed by atoms with van der Waals surface area (Å²) in [5.74, 6) is 0.740. The summed E-state index contributed by atoms with van der Waals surface area (Å²) >= 11 is 1.40. The topological polar surface area (TPSA) is 38.3 Å². The van der Waals surface area contributed by atoms with E-state index in [0.29, 0.717) is 27.5 Å². The predicted molar refractivity (Wildman–Crippen MR) is 130 cm³/mol. The van der Waals surface area contributed by atoms with Gasteiger partial charge in [0.25, 0.3) is 0 Å². The number of hydrogen-bond acceptors (Lipinski definition) is 4. The van der Waals surface area contributed by atoms with Crippen LogP contribution >= 0.6 is 11.3 Å². The van der Waals surface area contributed by atoms with Crippen LogP contribution in [0.15, 0.2) is 66.7 Å². The lowest BCUT2D eigenvalue weighted by atomic mass is 10.0. The van der Waals surface area contributed by atoms with Crippen molar-refractivity contribution in [1.29, 1.82) is 0 Å². The summed E-state index contributed by atoms with van der Waals surface area (Å²) in [6.07, 6.45) is 2.08. The standard InChI is InChI=1S/C27H26FNO2S/c1-3-29-16-6-7-19-10-13-21(14-11-19)31-26-23-8-4-5-9-24(23)32-27(26)25(30)22-15-12-20(28)17-18(22)2/h4-5,8-15,17,29H,3,6-7,16H2,1-2H3. The molecular weight excluding hydrogens is 421 g/mol. The Kier molecular flexibility index (Phi) is 6.98. The fourth-order valence-corrected chi connectivity index (χ4v) is 4.80. The molecule has 0 atom stereocenters. The number of ketones is 1. The Balaban J connectivity index is 1.63. The molecule has 3 aromatic carbocycles. The van der Waals surface area contributed by atoms with Crippen molar-refractivity contribution in [1.82, 2.24) is 5.32 Å². The molecule has 5 heteroatoms. The van der Waals surface area contributed by atoms with Crippen molar-refractivity contribution in [2.45, 2.75) is 26.7 Å². The summed E-state index contributed by atoms with van der Waals surface area (Å²) in [5, 5.41) is 4.24. The second kappa shape index (κ2) is 10.1. The molecule has 0 aliphatic carbocycles. The first-order chi connectivity index (χ1) is 15.6. The van der Waals surface area contributed by atoms with Crippen LogP contribution in [-0.4, -0.2) is 18.9 Å². The third-order valence-corrected chi connectivity index (χ3v) is 6.55. The number of thiophene rings is 1. The van der Waals surface area contributed by atoms with Gasteiger partial charge in [0.1, 0.15) is 16.4 Å². The Bertz CT molecular complexity index is 1230. The van der Waals surface area contributed by atoms with Crippen LogP contribution in [0.5, 0.6) is 11.5 Å². The maximum atomic E-state index is 13.6. The number of ether oxygens (including phenoxy) is 1. The van der Waals surface area contributed by atoms with Crippen LogP contribution in [0.1, 0.15) is 39.7 Å². The average molecular weight is 448 g/mol. The minimum absolute atomic E-state index is 0.154. The van der Waals surface area contributed by atoms with Crippen molar-refractivity contribution in [3.63, 3.8) is 0 Å². The molecule has 0 amide bonds. The molecule has 1 N–H and O–H groups in total. The number of nitrogens with one attached hydrogen (secondary N) is 1. The molecule has 4 aromatic rings. The molecule has 32 heavy (non-hydrogen) atoms. The highest BCUT2D eigenvalue weighted by atomic mass is 32.1. The van der Waals surface area contributed by atoms with Crippen molar-refractivity contribution in [3.05, 3.63) is 94.1 Å². The lowest BCUT2D eigenvalue weighted by Gasteiger charge is -2.10. The Morgan fingerprint density at radius 2 is 1.84 bits per heavy atom. The molecule has 0 unspecified atom stereocenters. The van der Waals surface area contributed by atoms with E-state index in [9.17, 15) is 9.18 Å². The summed E-state index contributed by atoms with van der Waals surface area (Å²) in [7, 11) is 0. The van der Waals surface area contributed by atoms with Crippen LogP contribution in [0.3, 0.4) is 0 Å². The third-order valence-electron chi connectivity index (χ3n) is 5.40. The van der Waals surface area contributed by atoms with Gasteiger partial charge in [-0.05, 0) is 86.4 Å². The second-order valence-electron chi connectivity index (χ2n) is 7.75. The zero-order valence-electron chi connectivity index (χ0n) is 18.3. The minimum atomic E-state index is -0.350. The Morgan fingerprint density at radius 1 is 1.06 bits per heavy atom. The molecule has 164 valence electrons. The molecule has 0 saturated heterocycles. The van der Waals surface area contributed by atoms with E-state index in [2.05, 4.69) is 24.4 Å². The molecule has 0 spiro atoms. The highest BCUT2D eigenvalue weighted by Gasteiger charge is 2.23. The highest BCUT2D eigenvalue weighted by Crippen LogP contribution is 2.41. The maximum Gasteiger partial charge on any atom is 0.207 e. The highest BCUT2D eigenvalue weighted by molar-refractivity contribution is 7.21. The Hall–Kier alpha value is -3.02. The first kappa shape index (κ1) is 22.2. The molecule has 0 aliphatic heterocycles. The van der Waals surface area contributed by atoms with E-state index in [4.69, 9.17) is 4.74 Å². The van der Waals surface area contributed by atoms with E-state index >= 15 is 0 Å². The fourth-order valence-electron chi connectivity index (χ4n) is 3.71. The van der Waals surface area contributed by atoms with E-state index in [1.165, 1.54) is 29.0 Å². The number of rotatable bonds is 9. The van der Waals surface area contributed by atoms with Crippen LogP contribution in [-0.2, 0) is 6.42 Å². The van der Waals surface area contributed by atoms with Crippen molar-refractivity contribution in [3.8, 4) is 11.5 Å². The first-order valence-corrected chi connectivity index (χ1v) is 11.7. The number of fused-ring (bicyclic) bond motifs is 1. The quantitative estimate of drug-likeness (QED) is 0.224. The van der Waals surface area contributed by atoms with Crippen molar-refractivity contribution in [2.24, 2.45) is 0 Å².